The Morgan fingerprint density at radius 3 is 2.75 bits per heavy atom. The third-order valence-corrected chi connectivity index (χ3v) is 3.19. The van der Waals surface area contributed by atoms with Gasteiger partial charge in [-0.15, -0.1) is 11.3 Å². The summed E-state index contributed by atoms with van der Waals surface area (Å²) in [5.74, 6) is 0.171. The van der Waals surface area contributed by atoms with Crippen LogP contribution in [0, 0.1) is 6.92 Å². The summed E-state index contributed by atoms with van der Waals surface area (Å²) in [5, 5.41) is 1.93. The zero-order valence-corrected chi connectivity index (χ0v) is 11.3. The van der Waals surface area contributed by atoms with E-state index in [0.29, 0.717) is 6.54 Å². The van der Waals surface area contributed by atoms with Crippen molar-refractivity contribution in [3.05, 3.63) is 52.5 Å². The van der Waals surface area contributed by atoms with Crippen molar-refractivity contribution in [2.75, 3.05) is 0 Å². The third-order valence-electron chi connectivity index (χ3n) is 2.28. The number of rotatable bonds is 3. The first-order valence-electron chi connectivity index (χ1n) is 4.79. The Morgan fingerprint density at radius 2 is 2.12 bits per heavy atom. The molecular formula is C12H12BrNOS. The number of pyridine rings is 1. The molecule has 2 aromatic heterocycles. The molecule has 0 amide bonds. The van der Waals surface area contributed by atoms with Gasteiger partial charge in [-0.1, -0.05) is 12.1 Å². The SMILES string of the molecule is Cc1cccc[n+]1CC(=O)c1cccs1.[Br-]. The van der Waals surface area contributed by atoms with Crippen molar-refractivity contribution in [3.8, 4) is 0 Å². The van der Waals surface area contributed by atoms with Crippen molar-refractivity contribution >= 4 is 17.1 Å². The average Bonchev–Trinajstić information content (AvgIpc) is 2.74. The minimum absolute atomic E-state index is 0. The molecule has 0 aliphatic carbocycles. The average molecular weight is 298 g/mol. The van der Waals surface area contributed by atoms with Gasteiger partial charge in [0.25, 0.3) is 0 Å². The maximum atomic E-state index is 11.8. The zero-order valence-electron chi connectivity index (χ0n) is 8.89. The monoisotopic (exact) mass is 297 g/mol. The van der Waals surface area contributed by atoms with Gasteiger partial charge in [-0.05, 0) is 11.4 Å². The normalized spacial score (nSPS) is 9.56. The van der Waals surface area contributed by atoms with Gasteiger partial charge in [-0.2, -0.15) is 4.57 Å². The molecule has 2 aromatic rings. The molecule has 0 atom stereocenters. The van der Waals surface area contributed by atoms with Gasteiger partial charge in [-0.25, -0.2) is 0 Å². The number of carbonyl (C=O) groups excluding carboxylic acids is 1. The van der Waals surface area contributed by atoms with Crippen LogP contribution in [-0.4, -0.2) is 5.78 Å². The number of aryl methyl sites for hydroxylation is 1. The molecule has 0 N–H and O–H groups in total. The van der Waals surface area contributed by atoms with Crippen molar-refractivity contribution in [3.63, 3.8) is 0 Å². The van der Waals surface area contributed by atoms with Crippen molar-refractivity contribution in [1.82, 2.24) is 0 Å². The fourth-order valence-corrected chi connectivity index (χ4v) is 2.07. The summed E-state index contributed by atoms with van der Waals surface area (Å²) in [7, 11) is 0. The van der Waals surface area contributed by atoms with Gasteiger partial charge in [0, 0.05) is 19.1 Å². The summed E-state index contributed by atoms with van der Waals surface area (Å²) in [4.78, 5) is 12.6. The van der Waals surface area contributed by atoms with Crippen molar-refractivity contribution in [2.45, 2.75) is 13.5 Å². The van der Waals surface area contributed by atoms with Crippen molar-refractivity contribution < 1.29 is 26.3 Å². The molecule has 4 heteroatoms. The number of aromatic nitrogens is 1. The number of Topliss-reactive ketones (excluding diaryl/α,β-unsaturated/α-hetero) is 1. The van der Waals surface area contributed by atoms with Crippen LogP contribution in [0.25, 0.3) is 0 Å². The van der Waals surface area contributed by atoms with Crippen LogP contribution < -0.4 is 21.5 Å². The fraction of sp³-hybridized carbons (Fsp3) is 0.167. The molecule has 0 aliphatic heterocycles. The second-order valence-electron chi connectivity index (χ2n) is 3.37. The van der Waals surface area contributed by atoms with Crippen LogP contribution in [0.4, 0.5) is 0 Å². The molecule has 16 heavy (non-hydrogen) atoms. The second kappa shape index (κ2) is 5.92. The first-order chi connectivity index (χ1) is 7.27. The van der Waals surface area contributed by atoms with E-state index in [4.69, 9.17) is 0 Å². The van der Waals surface area contributed by atoms with Crippen LogP contribution >= 0.6 is 11.3 Å². The van der Waals surface area contributed by atoms with E-state index in [1.54, 1.807) is 0 Å². The van der Waals surface area contributed by atoms with Gasteiger partial charge in [-0.3, -0.25) is 4.79 Å². The Morgan fingerprint density at radius 1 is 1.31 bits per heavy atom. The molecule has 0 saturated carbocycles. The molecule has 0 saturated heterocycles. The molecule has 0 fully saturated rings. The van der Waals surface area contributed by atoms with Gasteiger partial charge in [0.1, 0.15) is 0 Å². The fourth-order valence-electron chi connectivity index (χ4n) is 1.41. The van der Waals surface area contributed by atoms with Gasteiger partial charge in [0.05, 0.1) is 4.88 Å². The van der Waals surface area contributed by atoms with Crippen LogP contribution in [-0.2, 0) is 6.54 Å². The molecule has 2 rings (SSSR count). The first-order valence-corrected chi connectivity index (χ1v) is 5.67. The van der Waals surface area contributed by atoms with E-state index in [1.165, 1.54) is 11.3 Å². The van der Waals surface area contributed by atoms with Gasteiger partial charge in [0.2, 0.25) is 12.3 Å². The standard InChI is InChI=1S/C12H12NOS.BrH/c1-10-5-2-3-7-13(10)9-11(14)12-6-4-8-15-12;/h2-8H,9H2,1H3;1H/q+1;/p-1. The number of halogens is 1. The molecule has 0 radical (unpaired) electrons. The van der Waals surface area contributed by atoms with Crippen LogP contribution in [0.15, 0.2) is 41.9 Å². The molecule has 2 heterocycles. The highest BCUT2D eigenvalue weighted by Crippen LogP contribution is 2.09. The van der Waals surface area contributed by atoms with Crippen molar-refractivity contribution in [2.24, 2.45) is 0 Å². The lowest BCUT2D eigenvalue weighted by atomic mass is 10.3. The second-order valence-corrected chi connectivity index (χ2v) is 4.32. The number of thiophene rings is 1. The lowest BCUT2D eigenvalue weighted by Crippen LogP contribution is -3.00. The maximum absolute atomic E-state index is 11.8. The van der Waals surface area contributed by atoms with E-state index in [1.807, 2.05) is 53.4 Å². The highest BCUT2D eigenvalue weighted by Gasteiger charge is 2.14. The summed E-state index contributed by atoms with van der Waals surface area (Å²) in [6.07, 6.45) is 1.93. The highest BCUT2D eigenvalue weighted by atomic mass is 79.9. The maximum Gasteiger partial charge on any atom is 0.237 e. The summed E-state index contributed by atoms with van der Waals surface area (Å²) in [6, 6.07) is 9.68. The molecular weight excluding hydrogens is 286 g/mol. The van der Waals surface area contributed by atoms with E-state index < -0.39 is 0 Å². The minimum Gasteiger partial charge on any atom is -1.00 e. The molecule has 0 aliphatic rings. The van der Waals surface area contributed by atoms with Crippen LogP contribution in [0.2, 0.25) is 0 Å². The topological polar surface area (TPSA) is 20.9 Å². The van der Waals surface area contributed by atoms with Crippen molar-refractivity contribution in [1.29, 1.82) is 0 Å². The molecule has 0 spiro atoms. The van der Waals surface area contributed by atoms with Gasteiger partial charge in [0.15, 0.2) is 11.9 Å². The Balaban J connectivity index is 0.00000128. The zero-order chi connectivity index (χ0) is 10.7. The van der Waals surface area contributed by atoms with E-state index in [9.17, 15) is 4.79 Å². The molecule has 0 unspecified atom stereocenters. The quantitative estimate of drug-likeness (QED) is 0.538. The van der Waals surface area contributed by atoms with Crippen LogP contribution in [0.1, 0.15) is 15.4 Å². The largest absolute Gasteiger partial charge is 1.00 e. The van der Waals surface area contributed by atoms with E-state index >= 15 is 0 Å². The predicted molar refractivity (Wildman–Crippen MR) is 60.0 cm³/mol. The van der Waals surface area contributed by atoms with Gasteiger partial charge < -0.3 is 17.0 Å². The molecule has 2 nitrogen and oxygen atoms in total. The molecule has 0 bridgehead atoms. The lowest BCUT2D eigenvalue weighted by Gasteiger charge is -1.97. The Bertz CT molecular complexity index is 468. The Hall–Kier alpha value is -1.000. The first kappa shape index (κ1) is 13.1. The van der Waals surface area contributed by atoms with Crippen LogP contribution in [0.3, 0.4) is 0 Å². The Labute approximate surface area is 109 Å². The van der Waals surface area contributed by atoms with E-state index in [-0.39, 0.29) is 22.8 Å². The third kappa shape index (κ3) is 3.00. The van der Waals surface area contributed by atoms with E-state index in [0.717, 1.165) is 10.6 Å². The van der Waals surface area contributed by atoms with E-state index in [2.05, 4.69) is 0 Å². The summed E-state index contributed by atoms with van der Waals surface area (Å²) in [5.41, 5.74) is 1.10. The number of nitrogens with zero attached hydrogens (tertiary/aromatic N) is 1. The lowest BCUT2D eigenvalue weighted by molar-refractivity contribution is -0.689. The number of carbonyl (C=O) groups is 1. The number of hydrogen-bond donors (Lipinski definition) is 0. The predicted octanol–water partition coefficient (Wildman–Crippen LogP) is -0.769. The summed E-state index contributed by atoms with van der Waals surface area (Å²) in [6.45, 7) is 2.43. The smallest absolute Gasteiger partial charge is 0.237 e. The molecule has 84 valence electrons. The molecule has 0 aromatic carbocycles. The number of hydrogen-bond acceptors (Lipinski definition) is 2. The van der Waals surface area contributed by atoms with Crippen LogP contribution in [0.5, 0.6) is 0 Å². The minimum atomic E-state index is 0. The number of ketones is 1. The van der Waals surface area contributed by atoms with Gasteiger partial charge >= 0.3 is 0 Å². The summed E-state index contributed by atoms with van der Waals surface area (Å²) >= 11 is 1.49. The highest BCUT2D eigenvalue weighted by molar-refractivity contribution is 7.12. The summed E-state index contributed by atoms with van der Waals surface area (Å²) < 4.78 is 1.96. The Kier molecular flexibility index (Phi) is 4.83.